The smallest absolute Gasteiger partial charge is 0.242 e. The van der Waals surface area contributed by atoms with E-state index >= 15 is 0 Å². The number of benzene rings is 1. The summed E-state index contributed by atoms with van der Waals surface area (Å²) in [5.74, 6) is 0. The Morgan fingerprint density at radius 2 is 2.05 bits per heavy atom. The SMILES string of the molecule is Cc1ccc(S(=O)(=O)NCc2ccccn2)c(Cl)c1. The van der Waals surface area contributed by atoms with E-state index in [0.717, 1.165) is 5.56 Å². The summed E-state index contributed by atoms with van der Waals surface area (Å²) in [5, 5.41) is 0.216. The fourth-order valence-corrected chi connectivity index (χ4v) is 3.17. The molecular weight excluding hydrogens is 284 g/mol. The van der Waals surface area contributed by atoms with Crippen molar-refractivity contribution in [1.29, 1.82) is 0 Å². The van der Waals surface area contributed by atoms with Crippen molar-refractivity contribution >= 4 is 21.6 Å². The molecule has 0 amide bonds. The largest absolute Gasteiger partial charge is 0.260 e. The first-order valence-electron chi connectivity index (χ1n) is 5.65. The molecule has 0 saturated carbocycles. The summed E-state index contributed by atoms with van der Waals surface area (Å²) in [6.07, 6.45) is 1.61. The van der Waals surface area contributed by atoms with Gasteiger partial charge in [0, 0.05) is 6.20 Å². The minimum atomic E-state index is -3.63. The molecule has 1 N–H and O–H groups in total. The minimum Gasteiger partial charge on any atom is -0.260 e. The number of nitrogens with zero attached hydrogens (tertiary/aromatic N) is 1. The van der Waals surface area contributed by atoms with Gasteiger partial charge in [0.25, 0.3) is 0 Å². The van der Waals surface area contributed by atoms with E-state index in [9.17, 15) is 8.42 Å². The second-order valence-corrected chi connectivity index (χ2v) is 6.22. The fourth-order valence-electron chi connectivity index (χ4n) is 1.57. The maximum atomic E-state index is 12.1. The molecular formula is C13H13ClN2O2S. The van der Waals surface area contributed by atoms with Gasteiger partial charge in [-0.05, 0) is 36.8 Å². The Kier molecular flexibility index (Phi) is 4.19. The molecule has 100 valence electrons. The van der Waals surface area contributed by atoms with Crippen LogP contribution in [0.5, 0.6) is 0 Å². The van der Waals surface area contributed by atoms with E-state index in [4.69, 9.17) is 11.6 Å². The van der Waals surface area contributed by atoms with E-state index in [1.807, 2.05) is 6.92 Å². The van der Waals surface area contributed by atoms with Crippen molar-refractivity contribution < 1.29 is 8.42 Å². The average Bonchev–Trinajstić information content (AvgIpc) is 2.37. The van der Waals surface area contributed by atoms with Crippen molar-refractivity contribution in [2.75, 3.05) is 0 Å². The van der Waals surface area contributed by atoms with Crippen LogP contribution < -0.4 is 4.72 Å². The second kappa shape index (κ2) is 5.69. The topological polar surface area (TPSA) is 59.1 Å². The van der Waals surface area contributed by atoms with Crippen LogP contribution >= 0.6 is 11.6 Å². The first kappa shape index (κ1) is 14.0. The molecule has 1 aromatic carbocycles. The van der Waals surface area contributed by atoms with E-state index < -0.39 is 10.0 Å². The van der Waals surface area contributed by atoms with Crippen LogP contribution in [-0.2, 0) is 16.6 Å². The van der Waals surface area contributed by atoms with Crippen LogP contribution in [0, 0.1) is 6.92 Å². The highest BCUT2D eigenvalue weighted by Crippen LogP contribution is 2.22. The summed E-state index contributed by atoms with van der Waals surface area (Å²) in [6, 6.07) is 10.2. The van der Waals surface area contributed by atoms with Gasteiger partial charge in [-0.1, -0.05) is 23.7 Å². The zero-order chi connectivity index (χ0) is 13.9. The molecule has 0 radical (unpaired) electrons. The number of sulfonamides is 1. The maximum absolute atomic E-state index is 12.1. The molecule has 2 aromatic rings. The van der Waals surface area contributed by atoms with Crippen molar-refractivity contribution in [3.63, 3.8) is 0 Å². The molecule has 19 heavy (non-hydrogen) atoms. The van der Waals surface area contributed by atoms with Crippen LogP contribution in [0.2, 0.25) is 5.02 Å². The quantitative estimate of drug-likeness (QED) is 0.943. The lowest BCUT2D eigenvalue weighted by atomic mass is 10.2. The van der Waals surface area contributed by atoms with Crippen molar-refractivity contribution in [1.82, 2.24) is 9.71 Å². The molecule has 1 heterocycles. The minimum absolute atomic E-state index is 0.0793. The van der Waals surface area contributed by atoms with Gasteiger partial charge in [0.15, 0.2) is 0 Å². The Balaban J connectivity index is 2.19. The standard InChI is InChI=1S/C13H13ClN2O2S/c1-10-5-6-13(12(14)8-10)19(17,18)16-9-11-4-2-3-7-15-11/h2-8,16H,9H2,1H3. The Labute approximate surface area is 117 Å². The molecule has 0 aliphatic carbocycles. The van der Waals surface area contributed by atoms with Crippen LogP contribution in [0.4, 0.5) is 0 Å². The predicted molar refractivity (Wildman–Crippen MR) is 74.5 cm³/mol. The van der Waals surface area contributed by atoms with Gasteiger partial charge < -0.3 is 0 Å². The third-order valence-electron chi connectivity index (χ3n) is 2.55. The summed E-state index contributed by atoms with van der Waals surface area (Å²) in [5.41, 5.74) is 1.56. The monoisotopic (exact) mass is 296 g/mol. The third-order valence-corrected chi connectivity index (χ3v) is 4.43. The first-order chi connectivity index (χ1) is 8.99. The molecule has 0 bridgehead atoms. The molecule has 2 rings (SSSR count). The average molecular weight is 297 g/mol. The molecule has 1 aromatic heterocycles. The van der Waals surface area contributed by atoms with Gasteiger partial charge >= 0.3 is 0 Å². The number of hydrogen-bond donors (Lipinski definition) is 1. The summed E-state index contributed by atoms with van der Waals surface area (Å²) in [6.45, 7) is 1.98. The Morgan fingerprint density at radius 3 is 2.68 bits per heavy atom. The van der Waals surface area contributed by atoms with Crippen LogP contribution in [0.3, 0.4) is 0 Å². The number of aromatic nitrogens is 1. The lowest BCUT2D eigenvalue weighted by molar-refractivity contribution is 0.580. The van der Waals surface area contributed by atoms with Crippen molar-refractivity contribution in [2.24, 2.45) is 0 Å². The van der Waals surface area contributed by atoms with E-state index in [2.05, 4.69) is 9.71 Å². The van der Waals surface area contributed by atoms with Gasteiger partial charge in [-0.3, -0.25) is 4.98 Å². The number of pyridine rings is 1. The Morgan fingerprint density at radius 1 is 1.26 bits per heavy atom. The van der Waals surface area contributed by atoms with Crippen molar-refractivity contribution in [3.05, 3.63) is 58.9 Å². The normalized spacial score (nSPS) is 11.5. The predicted octanol–water partition coefficient (Wildman–Crippen LogP) is 2.52. The van der Waals surface area contributed by atoms with E-state index in [-0.39, 0.29) is 16.5 Å². The van der Waals surface area contributed by atoms with Crippen molar-refractivity contribution in [2.45, 2.75) is 18.4 Å². The van der Waals surface area contributed by atoms with E-state index in [0.29, 0.717) is 5.69 Å². The number of nitrogens with one attached hydrogen (secondary N) is 1. The molecule has 0 fully saturated rings. The lowest BCUT2D eigenvalue weighted by Crippen LogP contribution is -2.24. The summed E-state index contributed by atoms with van der Waals surface area (Å²) in [4.78, 5) is 4.13. The van der Waals surface area contributed by atoms with Gasteiger partial charge in [0.05, 0.1) is 17.3 Å². The van der Waals surface area contributed by atoms with Gasteiger partial charge in [0.1, 0.15) is 4.90 Å². The lowest BCUT2D eigenvalue weighted by Gasteiger charge is -2.08. The van der Waals surface area contributed by atoms with E-state index in [1.165, 1.54) is 6.07 Å². The highest BCUT2D eigenvalue weighted by Gasteiger charge is 2.17. The highest BCUT2D eigenvalue weighted by molar-refractivity contribution is 7.89. The second-order valence-electron chi connectivity index (χ2n) is 4.08. The molecule has 4 nitrogen and oxygen atoms in total. The molecule has 0 aliphatic rings. The van der Waals surface area contributed by atoms with Gasteiger partial charge in [-0.2, -0.15) is 0 Å². The van der Waals surface area contributed by atoms with Crippen LogP contribution in [0.15, 0.2) is 47.5 Å². The number of halogens is 1. The fraction of sp³-hybridized carbons (Fsp3) is 0.154. The molecule has 0 saturated heterocycles. The summed E-state index contributed by atoms with van der Waals surface area (Å²) < 4.78 is 26.7. The van der Waals surface area contributed by atoms with Gasteiger partial charge in [-0.25, -0.2) is 13.1 Å². The molecule has 0 aliphatic heterocycles. The summed E-state index contributed by atoms with van der Waals surface area (Å²) >= 11 is 5.96. The molecule has 0 atom stereocenters. The van der Waals surface area contributed by atoms with Crippen LogP contribution in [-0.4, -0.2) is 13.4 Å². The van der Waals surface area contributed by atoms with Crippen LogP contribution in [0.1, 0.15) is 11.3 Å². The zero-order valence-electron chi connectivity index (χ0n) is 10.3. The van der Waals surface area contributed by atoms with E-state index in [1.54, 1.807) is 36.5 Å². The first-order valence-corrected chi connectivity index (χ1v) is 7.51. The molecule has 0 spiro atoms. The summed E-state index contributed by atoms with van der Waals surface area (Å²) in [7, 11) is -3.63. The number of rotatable bonds is 4. The Hall–Kier alpha value is -1.43. The molecule has 0 unspecified atom stereocenters. The maximum Gasteiger partial charge on any atom is 0.242 e. The Bertz CT molecular complexity index is 672. The number of hydrogen-bond acceptors (Lipinski definition) is 3. The third kappa shape index (κ3) is 3.53. The van der Waals surface area contributed by atoms with Crippen molar-refractivity contribution in [3.8, 4) is 0 Å². The number of aryl methyl sites for hydroxylation is 1. The van der Waals surface area contributed by atoms with Crippen LogP contribution in [0.25, 0.3) is 0 Å². The highest BCUT2D eigenvalue weighted by atomic mass is 35.5. The molecule has 6 heteroatoms. The zero-order valence-corrected chi connectivity index (χ0v) is 11.9. The van der Waals surface area contributed by atoms with Gasteiger partial charge in [-0.15, -0.1) is 0 Å². The van der Waals surface area contributed by atoms with Gasteiger partial charge in [0.2, 0.25) is 10.0 Å².